The van der Waals surface area contributed by atoms with Gasteiger partial charge in [-0.05, 0) is 23.9 Å². The minimum Gasteiger partial charge on any atom is -0.397 e. The van der Waals surface area contributed by atoms with Crippen molar-refractivity contribution in [1.82, 2.24) is 14.5 Å². The highest BCUT2D eigenvalue weighted by atomic mass is 32.2. The number of hydrogen-bond donors (Lipinski definition) is 1. The maximum absolute atomic E-state index is 11.7. The van der Waals surface area contributed by atoms with Gasteiger partial charge in [0.05, 0.1) is 5.69 Å². The molecule has 0 amide bonds. The summed E-state index contributed by atoms with van der Waals surface area (Å²) in [6.07, 6.45) is 4.81. The fourth-order valence-corrected chi connectivity index (χ4v) is 1.95. The third kappa shape index (κ3) is 2.06. The summed E-state index contributed by atoms with van der Waals surface area (Å²) >= 11 is 1.17. The molecule has 0 saturated carbocycles. The van der Waals surface area contributed by atoms with Crippen molar-refractivity contribution in [2.75, 3.05) is 5.73 Å². The molecule has 6 heteroatoms. The van der Waals surface area contributed by atoms with E-state index in [0.717, 1.165) is 0 Å². The van der Waals surface area contributed by atoms with E-state index in [4.69, 9.17) is 5.73 Å². The number of nitrogen functional groups attached to an aromatic ring is 1. The maximum atomic E-state index is 11.7. The molecule has 5 nitrogen and oxygen atoms in total. The molecule has 0 spiro atoms. The van der Waals surface area contributed by atoms with E-state index in [-0.39, 0.29) is 5.56 Å². The fraction of sp³-hybridized carbons (Fsp3) is 0.100. The SMILES string of the molecule is Cn1ccnc(Sc2ncccc2N)c1=O. The molecule has 0 aliphatic heterocycles. The first-order valence-electron chi connectivity index (χ1n) is 4.58. The van der Waals surface area contributed by atoms with Crippen molar-refractivity contribution in [1.29, 1.82) is 0 Å². The van der Waals surface area contributed by atoms with E-state index in [0.29, 0.717) is 15.7 Å². The smallest absolute Gasteiger partial charge is 0.283 e. The highest BCUT2D eigenvalue weighted by molar-refractivity contribution is 7.99. The number of aromatic nitrogens is 3. The highest BCUT2D eigenvalue weighted by Gasteiger charge is 2.08. The van der Waals surface area contributed by atoms with E-state index >= 15 is 0 Å². The van der Waals surface area contributed by atoms with Gasteiger partial charge in [0.2, 0.25) is 0 Å². The first-order valence-corrected chi connectivity index (χ1v) is 5.40. The Kier molecular flexibility index (Phi) is 2.91. The van der Waals surface area contributed by atoms with Gasteiger partial charge in [0.15, 0.2) is 5.03 Å². The Morgan fingerprint density at radius 2 is 2.06 bits per heavy atom. The predicted molar refractivity (Wildman–Crippen MR) is 62.3 cm³/mol. The second kappa shape index (κ2) is 4.36. The molecular weight excluding hydrogens is 224 g/mol. The highest BCUT2D eigenvalue weighted by Crippen LogP contribution is 2.25. The molecule has 2 aromatic heterocycles. The molecule has 0 fully saturated rings. The Morgan fingerprint density at radius 3 is 2.81 bits per heavy atom. The molecule has 0 saturated heterocycles. The third-order valence-electron chi connectivity index (χ3n) is 1.98. The molecule has 16 heavy (non-hydrogen) atoms. The molecule has 0 aliphatic carbocycles. The minimum atomic E-state index is -0.155. The zero-order valence-corrected chi connectivity index (χ0v) is 9.44. The van der Waals surface area contributed by atoms with Crippen LogP contribution < -0.4 is 11.3 Å². The van der Waals surface area contributed by atoms with E-state index in [1.165, 1.54) is 16.3 Å². The quantitative estimate of drug-likeness (QED) is 0.836. The van der Waals surface area contributed by atoms with Crippen molar-refractivity contribution in [3.63, 3.8) is 0 Å². The zero-order chi connectivity index (χ0) is 11.5. The Balaban J connectivity index is 2.39. The molecule has 0 bridgehead atoms. The average molecular weight is 234 g/mol. The van der Waals surface area contributed by atoms with Crippen LogP contribution in [0.1, 0.15) is 0 Å². The van der Waals surface area contributed by atoms with Gasteiger partial charge in [-0.25, -0.2) is 9.97 Å². The van der Waals surface area contributed by atoms with Gasteiger partial charge in [-0.1, -0.05) is 0 Å². The van der Waals surface area contributed by atoms with Crippen LogP contribution in [-0.2, 0) is 7.05 Å². The van der Waals surface area contributed by atoms with Gasteiger partial charge >= 0.3 is 0 Å². The van der Waals surface area contributed by atoms with Gasteiger partial charge in [-0.2, -0.15) is 0 Å². The number of nitrogens with zero attached hydrogens (tertiary/aromatic N) is 3. The average Bonchev–Trinajstić information content (AvgIpc) is 2.28. The summed E-state index contributed by atoms with van der Waals surface area (Å²) in [6, 6.07) is 3.48. The Hall–Kier alpha value is -1.82. The number of hydrogen-bond acceptors (Lipinski definition) is 5. The molecule has 2 N–H and O–H groups in total. The molecule has 0 radical (unpaired) electrons. The Bertz CT molecular complexity index is 567. The first-order chi connectivity index (χ1) is 7.68. The summed E-state index contributed by atoms with van der Waals surface area (Å²) in [6.45, 7) is 0. The van der Waals surface area contributed by atoms with Crippen LogP contribution in [0.2, 0.25) is 0 Å². The summed E-state index contributed by atoms with van der Waals surface area (Å²) in [4.78, 5) is 19.8. The molecule has 0 unspecified atom stereocenters. The standard InChI is InChI=1S/C10H10N4OS/c1-14-6-5-13-9(10(14)15)16-8-7(11)3-2-4-12-8/h2-6H,11H2,1H3. The minimum absolute atomic E-state index is 0.155. The zero-order valence-electron chi connectivity index (χ0n) is 8.62. The van der Waals surface area contributed by atoms with Crippen molar-refractivity contribution in [2.45, 2.75) is 10.1 Å². The number of aryl methyl sites for hydroxylation is 1. The maximum Gasteiger partial charge on any atom is 0.283 e. The van der Waals surface area contributed by atoms with Gasteiger partial charge < -0.3 is 10.3 Å². The van der Waals surface area contributed by atoms with Crippen molar-refractivity contribution in [3.8, 4) is 0 Å². The van der Waals surface area contributed by atoms with Crippen molar-refractivity contribution in [2.24, 2.45) is 7.05 Å². The summed E-state index contributed by atoms with van der Waals surface area (Å²) < 4.78 is 1.47. The molecule has 0 atom stereocenters. The van der Waals surface area contributed by atoms with Crippen LogP contribution in [-0.4, -0.2) is 14.5 Å². The van der Waals surface area contributed by atoms with E-state index in [9.17, 15) is 4.79 Å². The third-order valence-corrected chi connectivity index (χ3v) is 2.99. The second-order valence-corrected chi connectivity index (χ2v) is 4.13. The van der Waals surface area contributed by atoms with Crippen LogP contribution in [0, 0.1) is 0 Å². The second-order valence-electron chi connectivity index (χ2n) is 3.15. The van der Waals surface area contributed by atoms with Crippen LogP contribution in [0.5, 0.6) is 0 Å². The lowest BCUT2D eigenvalue weighted by Gasteiger charge is -2.03. The van der Waals surface area contributed by atoms with Crippen LogP contribution >= 0.6 is 11.8 Å². The molecule has 2 heterocycles. The van der Waals surface area contributed by atoms with Crippen LogP contribution in [0.15, 0.2) is 45.6 Å². The van der Waals surface area contributed by atoms with E-state index in [1.54, 1.807) is 37.8 Å². The summed E-state index contributed by atoms with van der Waals surface area (Å²) in [5, 5.41) is 0.966. The van der Waals surface area contributed by atoms with Crippen molar-refractivity contribution >= 4 is 17.4 Å². The van der Waals surface area contributed by atoms with E-state index in [1.807, 2.05) is 0 Å². The molecule has 2 rings (SSSR count). The van der Waals surface area contributed by atoms with Gasteiger partial charge in [0.25, 0.3) is 5.56 Å². The molecule has 2 aromatic rings. The predicted octanol–water partition coefficient (Wildman–Crippen LogP) is 0.909. The van der Waals surface area contributed by atoms with E-state index in [2.05, 4.69) is 9.97 Å². The molecule has 0 aliphatic rings. The molecular formula is C10H10N4OS. The number of nitrogens with two attached hydrogens (primary N) is 1. The van der Waals surface area contributed by atoms with Crippen LogP contribution in [0.25, 0.3) is 0 Å². The number of rotatable bonds is 2. The summed E-state index contributed by atoms with van der Waals surface area (Å²) in [5.74, 6) is 0. The van der Waals surface area contributed by atoms with Crippen LogP contribution in [0.4, 0.5) is 5.69 Å². The fourth-order valence-electron chi connectivity index (χ4n) is 1.12. The molecule has 0 aromatic carbocycles. The monoisotopic (exact) mass is 234 g/mol. The first kappa shape index (κ1) is 10.7. The van der Waals surface area contributed by atoms with Gasteiger partial charge in [-0.3, -0.25) is 4.79 Å². The Morgan fingerprint density at radius 1 is 1.31 bits per heavy atom. The lowest BCUT2D eigenvalue weighted by Crippen LogP contribution is -2.18. The van der Waals surface area contributed by atoms with Gasteiger partial charge in [0, 0.05) is 25.6 Å². The lowest BCUT2D eigenvalue weighted by molar-refractivity contribution is 0.793. The number of anilines is 1. The van der Waals surface area contributed by atoms with Gasteiger partial charge in [-0.15, -0.1) is 0 Å². The normalized spacial score (nSPS) is 10.3. The Labute approximate surface area is 96.3 Å². The van der Waals surface area contributed by atoms with Crippen LogP contribution in [0.3, 0.4) is 0 Å². The molecule has 82 valence electrons. The van der Waals surface area contributed by atoms with E-state index < -0.39 is 0 Å². The largest absolute Gasteiger partial charge is 0.397 e. The summed E-state index contributed by atoms with van der Waals surface area (Å²) in [7, 11) is 1.68. The topological polar surface area (TPSA) is 73.8 Å². The number of pyridine rings is 1. The van der Waals surface area contributed by atoms with Crippen molar-refractivity contribution in [3.05, 3.63) is 41.1 Å². The van der Waals surface area contributed by atoms with Gasteiger partial charge in [0.1, 0.15) is 5.03 Å². The lowest BCUT2D eigenvalue weighted by atomic mass is 10.4. The van der Waals surface area contributed by atoms with Crippen molar-refractivity contribution < 1.29 is 0 Å². The summed E-state index contributed by atoms with van der Waals surface area (Å²) in [5.41, 5.74) is 6.12.